The predicted molar refractivity (Wildman–Crippen MR) is 372 cm³/mol. The Balaban J connectivity index is 3.91. The van der Waals surface area contributed by atoms with Gasteiger partial charge in [0, 0.05) is 12.8 Å². The summed E-state index contributed by atoms with van der Waals surface area (Å²) >= 11 is 0. The fraction of sp³-hybridized carbons (Fsp3) is 0.974. The van der Waals surface area contributed by atoms with E-state index in [2.05, 4.69) is 13.8 Å². The molecule has 0 aliphatic heterocycles. The van der Waals surface area contributed by atoms with E-state index in [0.717, 1.165) is 38.5 Å². The van der Waals surface area contributed by atoms with Gasteiger partial charge in [-0.1, -0.05) is 399 Å². The lowest BCUT2D eigenvalue weighted by atomic mass is 10.0. The number of carbonyl (C=O) groups excluding carboxylic acids is 2. The summed E-state index contributed by atoms with van der Waals surface area (Å²) < 4.78 is 34.8. The second kappa shape index (κ2) is 68.4. The molecule has 0 saturated heterocycles. The van der Waals surface area contributed by atoms with E-state index in [0.29, 0.717) is 17.4 Å². The second-order valence-electron chi connectivity index (χ2n) is 28.1. The number of hydrogen-bond donors (Lipinski definition) is 1. The van der Waals surface area contributed by atoms with Crippen molar-refractivity contribution in [2.24, 2.45) is 0 Å². The third kappa shape index (κ3) is 72.1. The fourth-order valence-electron chi connectivity index (χ4n) is 12.2. The zero-order valence-electron chi connectivity index (χ0n) is 58.9. The molecular weight excluding hydrogens is 1090 g/mol. The smallest absolute Gasteiger partial charge is 0.462 e. The number of phosphoric ester groups is 1. The molecule has 0 bridgehead atoms. The number of ether oxygens (including phenoxy) is 2. The lowest BCUT2D eigenvalue weighted by Crippen LogP contribution is -2.37. The summed E-state index contributed by atoms with van der Waals surface area (Å²) in [5, 5.41) is 0. The van der Waals surface area contributed by atoms with Gasteiger partial charge in [0.1, 0.15) is 19.8 Å². The second-order valence-corrected chi connectivity index (χ2v) is 29.6. The van der Waals surface area contributed by atoms with Gasteiger partial charge in [-0.2, -0.15) is 0 Å². The number of quaternary nitrogens is 1. The zero-order valence-corrected chi connectivity index (χ0v) is 59.8. The summed E-state index contributed by atoms with van der Waals surface area (Å²) in [4.78, 5) is 35.9. The minimum Gasteiger partial charge on any atom is -0.462 e. The van der Waals surface area contributed by atoms with E-state index in [1.165, 1.54) is 360 Å². The molecule has 0 fully saturated rings. The van der Waals surface area contributed by atoms with Crippen molar-refractivity contribution in [3.63, 3.8) is 0 Å². The van der Waals surface area contributed by atoms with Crippen molar-refractivity contribution >= 4 is 19.8 Å². The van der Waals surface area contributed by atoms with Crippen molar-refractivity contribution < 1.29 is 42.1 Å². The van der Waals surface area contributed by atoms with Crippen LogP contribution in [0, 0.1) is 0 Å². The zero-order chi connectivity index (χ0) is 62.6. The summed E-state index contributed by atoms with van der Waals surface area (Å²) in [7, 11) is 1.51. The van der Waals surface area contributed by atoms with Crippen molar-refractivity contribution in [1.29, 1.82) is 0 Å². The summed E-state index contributed by atoms with van der Waals surface area (Å²) in [5.41, 5.74) is 0. The normalized spacial score (nSPS) is 13.0. The fourth-order valence-corrected chi connectivity index (χ4v) is 12.9. The van der Waals surface area contributed by atoms with Gasteiger partial charge in [-0.25, -0.2) is 4.57 Å². The molecule has 2 atom stereocenters. The van der Waals surface area contributed by atoms with Gasteiger partial charge in [0.05, 0.1) is 27.7 Å². The number of likely N-dealkylation sites (N-methyl/N-ethyl adjacent to an activating group) is 1. The van der Waals surface area contributed by atoms with E-state index in [-0.39, 0.29) is 25.6 Å². The molecule has 0 aromatic heterocycles. The van der Waals surface area contributed by atoms with Crippen LogP contribution in [0.4, 0.5) is 0 Å². The van der Waals surface area contributed by atoms with Gasteiger partial charge in [-0.05, 0) is 12.8 Å². The molecule has 0 spiro atoms. The Morgan fingerprint density at radius 1 is 0.314 bits per heavy atom. The van der Waals surface area contributed by atoms with E-state index in [1.807, 2.05) is 21.1 Å². The van der Waals surface area contributed by atoms with E-state index in [1.54, 1.807) is 0 Å². The minimum absolute atomic E-state index is 0.0378. The molecule has 0 heterocycles. The summed E-state index contributed by atoms with van der Waals surface area (Å²) in [6, 6.07) is 0. The maximum absolute atomic E-state index is 12.9. The molecule has 0 aromatic carbocycles. The molecule has 0 saturated carbocycles. The van der Waals surface area contributed by atoms with Gasteiger partial charge in [0.25, 0.3) is 0 Å². The summed E-state index contributed by atoms with van der Waals surface area (Å²) in [5.74, 6) is -0.765. The lowest BCUT2D eigenvalue weighted by molar-refractivity contribution is -0.870. The van der Waals surface area contributed by atoms with Crippen LogP contribution in [0.2, 0.25) is 0 Å². The standard InChI is InChI=1S/C76H152NO8P/c1-6-8-10-12-14-16-18-20-22-24-26-28-30-32-34-36-38-39-41-43-45-47-49-51-53-55-57-59-61-63-65-67-69-76(79)85-74(73-84-86(80,81)83-71-70-77(3,4)5)72-82-75(78)68-66-64-62-60-58-56-54-52-50-48-46-44-42-40-37-35-33-31-29-27-25-23-21-19-17-15-13-11-9-7-2/h74H,6-73H2,1-5H3/p+1. The molecule has 9 nitrogen and oxygen atoms in total. The monoisotopic (exact) mass is 1240 g/mol. The van der Waals surface area contributed by atoms with Gasteiger partial charge in [0.2, 0.25) is 0 Å². The van der Waals surface area contributed by atoms with Crippen LogP contribution in [0.25, 0.3) is 0 Å². The molecule has 514 valence electrons. The van der Waals surface area contributed by atoms with Crippen molar-refractivity contribution in [2.45, 2.75) is 431 Å². The molecule has 0 rings (SSSR count). The average Bonchev–Trinajstić information content (AvgIpc) is 3.70. The Kier molecular flexibility index (Phi) is 67.6. The topological polar surface area (TPSA) is 108 Å². The lowest BCUT2D eigenvalue weighted by Gasteiger charge is -2.24. The van der Waals surface area contributed by atoms with Gasteiger partial charge in [0.15, 0.2) is 6.10 Å². The molecular formula is C76H153NO8P+. The predicted octanol–water partition coefficient (Wildman–Crippen LogP) is 25.3. The highest BCUT2D eigenvalue weighted by atomic mass is 31.2. The molecule has 0 amide bonds. The average molecular weight is 1240 g/mol. The van der Waals surface area contributed by atoms with Crippen molar-refractivity contribution in [1.82, 2.24) is 0 Å². The first-order chi connectivity index (χ1) is 42.0. The van der Waals surface area contributed by atoms with E-state index >= 15 is 0 Å². The molecule has 1 N–H and O–H groups in total. The number of carbonyl (C=O) groups is 2. The number of esters is 2. The van der Waals surface area contributed by atoms with Gasteiger partial charge in [-0.15, -0.1) is 0 Å². The van der Waals surface area contributed by atoms with Crippen molar-refractivity contribution in [3.8, 4) is 0 Å². The van der Waals surface area contributed by atoms with Crippen LogP contribution in [0.3, 0.4) is 0 Å². The molecule has 0 aliphatic rings. The molecule has 0 aromatic rings. The Hall–Kier alpha value is -0.990. The number of phosphoric acid groups is 1. The molecule has 86 heavy (non-hydrogen) atoms. The summed E-state index contributed by atoms with van der Waals surface area (Å²) in [6.07, 6.45) is 83.9. The van der Waals surface area contributed by atoms with Crippen LogP contribution in [0.1, 0.15) is 425 Å². The SMILES string of the molecule is CCCCCCCCCCCCCCCCCCCCCCCCCCCCCCCCCCC(=O)OC(COC(=O)CCCCCCCCCCCCCCCCCCCCCCCCCCCCCCCC)COP(=O)(O)OCC[N+](C)(C)C. The van der Waals surface area contributed by atoms with Crippen LogP contribution in [-0.2, 0) is 32.7 Å². The molecule has 0 aliphatic carbocycles. The van der Waals surface area contributed by atoms with E-state index < -0.39 is 26.5 Å². The Morgan fingerprint density at radius 2 is 0.523 bits per heavy atom. The third-order valence-corrected chi connectivity index (χ3v) is 19.1. The highest BCUT2D eigenvalue weighted by Gasteiger charge is 2.27. The number of rotatable bonds is 74. The van der Waals surface area contributed by atoms with E-state index in [4.69, 9.17) is 18.5 Å². The minimum atomic E-state index is -4.39. The highest BCUT2D eigenvalue weighted by molar-refractivity contribution is 7.47. The Bertz CT molecular complexity index is 1410. The molecule has 10 heteroatoms. The van der Waals surface area contributed by atoms with Gasteiger partial charge in [-0.3, -0.25) is 18.6 Å². The first-order valence-electron chi connectivity index (χ1n) is 38.8. The summed E-state index contributed by atoms with van der Waals surface area (Å²) in [6.45, 7) is 4.54. The Labute approximate surface area is 537 Å². The number of nitrogens with zero attached hydrogens (tertiary/aromatic N) is 1. The van der Waals surface area contributed by atoms with Crippen LogP contribution in [0.15, 0.2) is 0 Å². The number of hydrogen-bond acceptors (Lipinski definition) is 7. The largest absolute Gasteiger partial charge is 0.472 e. The van der Waals surface area contributed by atoms with Crippen LogP contribution in [0.5, 0.6) is 0 Å². The van der Waals surface area contributed by atoms with Gasteiger partial charge < -0.3 is 18.9 Å². The van der Waals surface area contributed by atoms with Gasteiger partial charge >= 0.3 is 19.8 Å². The van der Waals surface area contributed by atoms with Crippen LogP contribution in [-0.4, -0.2) is 74.9 Å². The van der Waals surface area contributed by atoms with E-state index in [9.17, 15) is 19.0 Å². The van der Waals surface area contributed by atoms with Crippen LogP contribution < -0.4 is 0 Å². The van der Waals surface area contributed by atoms with Crippen LogP contribution >= 0.6 is 7.82 Å². The first kappa shape index (κ1) is 85.0. The quantitative estimate of drug-likeness (QED) is 0.0278. The maximum Gasteiger partial charge on any atom is 0.472 e. The third-order valence-electron chi connectivity index (χ3n) is 18.1. The van der Waals surface area contributed by atoms with Crippen molar-refractivity contribution in [2.75, 3.05) is 47.5 Å². The first-order valence-corrected chi connectivity index (χ1v) is 40.3. The van der Waals surface area contributed by atoms with Crippen molar-refractivity contribution in [3.05, 3.63) is 0 Å². The molecule has 2 unspecified atom stereocenters. The number of unbranched alkanes of at least 4 members (excludes halogenated alkanes) is 60. The highest BCUT2D eigenvalue weighted by Crippen LogP contribution is 2.43. The molecule has 0 radical (unpaired) electrons. The maximum atomic E-state index is 12.9. The Morgan fingerprint density at radius 3 is 0.744 bits per heavy atom.